The van der Waals surface area contributed by atoms with Gasteiger partial charge in [-0.15, -0.1) is 0 Å². The summed E-state index contributed by atoms with van der Waals surface area (Å²) in [6, 6.07) is 19.6. The van der Waals surface area contributed by atoms with Crippen LogP contribution in [-0.2, 0) is 4.74 Å². The first-order chi connectivity index (χ1) is 17.2. The molecule has 1 atom stereocenters. The Balaban J connectivity index is 0.00000210. The molecule has 0 aromatic heterocycles. The molecule has 1 N–H and O–H groups in total. The Bertz CT molecular complexity index is 930. The van der Waals surface area contributed by atoms with Crippen LogP contribution < -0.4 is 5.32 Å². The SMILES string of the molecule is CC=N/C(=C\CCC)C(c1ccccc1)c1cccc(N/C(=C\CC)CC2CCOCC2)c1.CS. The van der Waals surface area contributed by atoms with Crippen molar-refractivity contribution in [1.29, 1.82) is 0 Å². The fourth-order valence-corrected chi connectivity index (χ4v) is 4.54. The number of thiol groups is 1. The molecule has 4 heteroatoms. The zero-order valence-corrected chi connectivity index (χ0v) is 22.9. The molecular formula is C31H44N2OS. The van der Waals surface area contributed by atoms with Crippen molar-refractivity contribution in [2.75, 3.05) is 24.8 Å². The monoisotopic (exact) mass is 492 g/mol. The third-order valence-corrected chi connectivity index (χ3v) is 6.17. The van der Waals surface area contributed by atoms with Gasteiger partial charge in [-0.3, -0.25) is 4.99 Å². The van der Waals surface area contributed by atoms with E-state index in [0.717, 1.165) is 63.1 Å². The Morgan fingerprint density at radius 2 is 1.74 bits per heavy atom. The van der Waals surface area contributed by atoms with Crippen molar-refractivity contribution in [2.24, 2.45) is 10.9 Å². The minimum atomic E-state index is 0.116. The Morgan fingerprint density at radius 1 is 1.03 bits per heavy atom. The first-order valence-electron chi connectivity index (χ1n) is 13.1. The second kappa shape index (κ2) is 17.2. The lowest BCUT2D eigenvalue weighted by atomic mass is 9.87. The van der Waals surface area contributed by atoms with Crippen LogP contribution in [0.3, 0.4) is 0 Å². The van der Waals surface area contributed by atoms with E-state index in [0.29, 0.717) is 5.92 Å². The van der Waals surface area contributed by atoms with Crippen molar-refractivity contribution in [3.63, 3.8) is 0 Å². The second-order valence-electron chi connectivity index (χ2n) is 8.80. The molecule has 0 radical (unpaired) electrons. The maximum Gasteiger partial charge on any atom is 0.0510 e. The molecule has 1 heterocycles. The molecular weight excluding hydrogens is 448 g/mol. The molecule has 1 aliphatic heterocycles. The van der Waals surface area contributed by atoms with Gasteiger partial charge in [0, 0.05) is 36.5 Å². The van der Waals surface area contributed by atoms with Gasteiger partial charge in [-0.2, -0.15) is 12.6 Å². The van der Waals surface area contributed by atoms with E-state index < -0.39 is 0 Å². The van der Waals surface area contributed by atoms with E-state index in [2.05, 4.69) is 98.5 Å². The topological polar surface area (TPSA) is 33.6 Å². The average Bonchev–Trinajstić information content (AvgIpc) is 2.90. The lowest BCUT2D eigenvalue weighted by Crippen LogP contribution is -2.17. The minimum absolute atomic E-state index is 0.116. The van der Waals surface area contributed by atoms with Crippen LogP contribution in [0, 0.1) is 5.92 Å². The van der Waals surface area contributed by atoms with Crippen LogP contribution >= 0.6 is 12.6 Å². The average molecular weight is 493 g/mol. The normalized spacial score (nSPS) is 16.0. The quantitative estimate of drug-likeness (QED) is 0.243. The Hall–Kier alpha value is -2.30. The molecule has 2 aromatic carbocycles. The zero-order valence-electron chi connectivity index (χ0n) is 22.0. The maximum absolute atomic E-state index is 5.56. The molecule has 0 amide bonds. The van der Waals surface area contributed by atoms with E-state index in [1.165, 1.54) is 16.8 Å². The van der Waals surface area contributed by atoms with Crippen molar-refractivity contribution in [1.82, 2.24) is 0 Å². The highest BCUT2D eigenvalue weighted by Crippen LogP contribution is 2.35. The summed E-state index contributed by atoms with van der Waals surface area (Å²) in [7, 11) is 0. The molecule has 1 unspecified atom stereocenters. The van der Waals surface area contributed by atoms with E-state index >= 15 is 0 Å². The summed E-state index contributed by atoms with van der Waals surface area (Å²) in [4.78, 5) is 4.80. The molecule has 0 aliphatic carbocycles. The standard InChI is InChI=1S/C30H40N2O.CH4S/c1-4-7-17-29(31-6-3)30(25-13-9-8-10-14-25)26-15-11-16-28(23-26)32-27(12-5-2)22-24-18-20-33-21-19-24;1-2/h6,8-17,23-24,30,32H,4-5,7,18-22H2,1-3H3;2H,1H3/b27-12-,29-17-,31-6?;. The summed E-state index contributed by atoms with van der Waals surface area (Å²) < 4.78 is 5.56. The summed E-state index contributed by atoms with van der Waals surface area (Å²) >= 11 is 3.53. The number of unbranched alkanes of at least 4 members (excludes halogenated alkanes) is 1. The highest BCUT2D eigenvalue weighted by molar-refractivity contribution is 7.79. The fourth-order valence-electron chi connectivity index (χ4n) is 4.54. The largest absolute Gasteiger partial charge is 0.381 e. The molecule has 3 rings (SSSR count). The van der Waals surface area contributed by atoms with Gasteiger partial charge in [0.2, 0.25) is 0 Å². The van der Waals surface area contributed by atoms with Gasteiger partial charge in [0.25, 0.3) is 0 Å². The predicted molar refractivity (Wildman–Crippen MR) is 157 cm³/mol. The molecule has 2 aromatic rings. The number of benzene rings is 2. The van der Waals surface area contributed by atoms with E-state index in [4.69, 9.17) is 9.73 Å². The fraction of sp³-hybridized carbons (Fsp3) is 0.452. The van der Waals surface area contributed by atoms with Crippen molar-refractivity contribution in [3.05, 3.63) is 89.3 Å². The first-order valence-corrected chi connectivity index (χ1v) is 14.0. The summed E-state index contributed by atoms with van der Waals surface area (Å²) in [6.45, 7) is 8.21. The van der Waals surface area contributed by atoms with Crippen molar-refractivity contribution >= 4 is 24.5 Å². The highest BCUT2D eigenvalue weighted by atomic mass is 32.1. The highest BCUT2D eigenvalue weighted by Gasteiger charge is 2.20. The van der Waals surface area contributed by atoms with Crippen LogP contribution in [0.4, 0.5) is 5.69 Å². The van der Waals surface area contributed by atoms with Crippen LogP contribution in [0.1, 0.15) is 76.3 Å². The Kier molecular flexibility index (Phi) is 14.2. The Labute approximate surface area is 219 Å². The van der Waals surface area contributed by atoms with Gasteiger partial charge in [0.05, 0.1) is 5.92 Å². The zero-order chi connectivity index (χ0) is 25.3. The third-order valence-electron chi connectivity index (χ3n) is 6.17. The summed E-state index contributed by atoms with van der Waals surface area (Å²) in [5.41, 5.74) is 6.13. The van der Waals surface area contributed by atoms with E-state index in [1.807, 2.05) is 13.1 Å². The summed E-state index contributed by atoms with van der Waals surface area (Å²) in [5, 5.41) is 3.75. The second-order valence-corrected chi connectivity index (χ2v) is 8.80. The van der Waals surface area contributed by atoms with Crippen molar-refractivity contribution < 1.29 is 4.74 Å². The number of aliphatic imine (C=N–C) groups is 1. The van der Waals surface area contributed by atoms with Gasteiger partial charge < -0.3 is 10.1 Å². The van der Waals surface area contributed by atoms with E-state index in [-0.39, 0.29) is 5.92 Å². The molecule has 0 spiro atoms. The lowest BCUT2D eigenvalue weighted by Gasteiger charge is -2.24. The van der Waals surface area contributed by atoms with Crippen LogP contribution in [0.2, 0.25) is 0 Å². The van der Waals surface area contributed by atoms with Gasteiger partial charge in [-0.05, 0) is 74.5 Å². The van der Waals surface area contributed by atoms with Gasteiger partial charge in [0.1, 0.15) is 0 Å². The molecule has 3 nitrogen and oxygen atoms in total. The van der Waals surface area contributed by atoms with E-state index in [1.54, 1.807) is 6.26 Å². The third kappa shape index (κ3) is 9.70. The number of hydrogen-bond acceptors (Lipinski definition) is 4. The van der Waals surface area contributed by atoms with Crippen molar-refractivity contribution in [2.45, 2.75) is 65.2 Å². The molecule has 1 aliphatic rings. The summed E-state index contributed by atoms with van der Waals surface area (Å²) in [6.07, 6.45) is 14.8. The molecule has 1 saturated heterocycles. The lowest BCUT2D eigenvalue weighted by molar-refractivity contribution is 0.0666. The molecule has 35 heavy (non-hydrogen) atoms. The predicted octanol–water partition coefficient (Wildman–Crippen LogP) is 8.66. The van der Waals surface area contributed by atoms with Gasteiger partial charge in [-0.1, -0.05) is 74.9 Å². The van der Waals surface area contributed by atoms with Crippen LogP contribution in [0.15, 0.2) is 83.1 Å². The van der Waals surface area contributed by atoms with Gasteiger partial charge >= 0.3 is 0 Å². The van der Waals surface area contributed by atoms with E-state index in [9.17, 15) is 0 Å². The number of nitrogens with one attached hydrogen (secondary N) is 1. The van der Waals surface area contributed by atoms with Gasteiger partial charge in [0.15, 0.2) is 0 Å². The first kappa shape index (κ1) is 28.9. The van der Waals surface area contributed by atoms with Crippen LogP contribution in [0.5, 0.6) is 0 Å². The molecule has 0 bridgehead atoms. The van der Waals surface area contributed by atoms with Gasteiger partial charge in [-0.25, -0.2) is 0 Å². The summed E-state index contributed by atoms with van der Waals surface area (Å²) in [5.74, 6) is 0.816. The molecule has 1 fully saturated rings. The number of ether oxygens (including phenoxy) is 1. The number of anilines is 1. The number of hydrogen-bond donors (Lipinski definition) is 2. The van der Waals surface area contributed by atoms with Crippen molar-refractivity contribution in [3.8, 4) is 0 Å². The molecule has 190 valence electrons. The Morgan fingerprint density at radius 3 is 2.40 bits per heavy atom. The number of allylic oxidation sites excluding steroid dienone is 4. The maximum atomic E-state index is 5.56. The smallest absolute Gasteiger partial charge is 0.0510 e. The number of rotatable bonds is 11. The number of nitrogens with zero attached hydrogens (tertiary/aromatic N) is 1. The van der Waals surface area contributed by atoms with Crippen LogP contribution in [0.25, 0.3) is 0 Å². The van der Waals surface area contributed by atoms with Crippen LogP contribution in [-0.4, -0.2) is 25.7 Å². The minimum Gasteiger partial charge on any atom is -0.381 e. The molecule has 0 saturated carbocycles.